The van der Waals surface area contributed by atoms with Gasteiger partial charge in [-0.3, -0.25) is 4.90 Å². The highest BCUT2D eigenvalue weighted by molar-refractivity contribution is 5.00. The van der Waals surface area contributed by atoms with E-state index in [1.54, 1.807) is 0 Å². The van der Waals surface area contributed by atoms with Gasteiger partial charge in [0.2, 0.25) is 0 Å². The number of ether oxygens (including phenoxy) is 1. The van der Waals surface area contributed by atoms with Crippen LogP contribution in [0.5, 0.6) is 0 Å². The summed E-state index contributed by atoms with van der Waals surface area (Å²) >= 11 is 0. The van der Waals surface area contributed by atoms with E-state index in [1.165, 1.54) is 45.1 Å². The molecule has 3 heterocycles. The molecule has 0 radical (unpaired) electrons. The molecule has 0 aromatic carbocycles. The average Bonchev–Trinajstić information content (AvgIpc) is 3.27. The second-order valence-electron chi connectivity index (χ2n) is 7.99. The minimum Gasteiger partial charge on any atom is -0.393 e. The fourth-order valence-corrected chi connectivity index (χ4v) is 4.77. The lowest BCUT2D eigenvalue weighted by Gasteiger charge is -2.46. The predicted octanol–water partition coefficient (Wildman–Crippen LogP) is 1.52. The smallest absolute Gasteiger partial charge is 0.0570 e. The number of aliphatic hydroxyl groups excluding tert-OH is 1. The van der Waals surface area contributed by atoms with Crippen molar-refractivity contribution in [1.29, 1.82) is 0 Å². The molecule has 21 heavy (non-hydrogen) atoms. The zero-order valence-corrected chi connectivity index (χ0v) is 13.1. The van der Waals surface area contributed by atoms with Crippen molar-refractivity contribution in [3.63, 3.8) is 0 Å². The molecule has 2 N–H and O–H groups in total. The number of fused-ring (bicyclic) bond motifs is 2. The highest BCUT2D eigenvalue weighted by Gasteiger charge is 2.45. The van der Waals surface area contributed by atoms with Gasteiger partial charge < -0.3 is 15.2 Å². The second-order valence-corrected chi connectivity index (χ2v) is 7.99. The fraction of sp³-hybridized carbons (Fsp3) is 1.00. The van der Waals surface area contributed by atoms with Crippen LogP contribution in [0.4, 0.5) is 0 Å². The van der Waals surface area contributed by atoms with Gasteiger partial charge in [0.15, 0.2) is 0 Å². The van der Waals surface area contributed by atoms with Gasteiger partial charge >= 0.3 is 0 Å². The van der Waals surface area contributed by atoms with Crippen molar-refractivity contribution in [1.82, 2.24) is 10.2 Å². The van der Waals surface area contributed by atoms with Crippen LogP contribution in [0.25, 0.3) is 0 Å². The Morgan fingerprint density at radius 2 is 1.90 bits per heavy atom. The molecule has 0 amide bonds. The summed E-state index contributed by atoms with van der Waals surface area (Å²) in [6.07, 6.45) is 9.72. The number of aliphatic hydroxyl groups is 1. The second kappa shape index (κ2) is 5.80. The minimum atomic E-state index is -0.0538. The Kier molecular flexibility index (Phi) is 3.99. The van der Waals surface area contributed by atoms with E-state index in [9.17, 15) is 5.11 Å². The molecule has 3 saturated heterocycles. The van der Waals surface area contributed by atoms with E-state index < -0.39 is 0 Å². The van der Waals surface area contributed by atoms with Gasteiger partial charge in [-0.25, -0.2) is 0 Å². The van der Waals surface area contributed by atoms with Crippen molar-refractivity contribution in [3.05, 3.63) is 0 Å². The third-order valence-electron chi connectivity index (χ3n) is 6.12. The quantitative estimate of drug-likeness (QED) is 0.807. The summed E-state index contributed by atoms with van der Waals surface area (Å²) in [5, 5.41) is 13.8. The Hall–Kier alpha value is -0.160. The first-order valence-electron chi connectivity index (χ1n) is 8.99. The number of piperidine rings is 1. The summed E-state index contributed by atoms with van der Waals surface area (Å²) in [4.78, 5) is 2.73. The lowest BCUT2D eigenvalue weighted by atomic mass is 9.80. The van der Waals surface area contributed by atoms with E-state index in [0.29, 0.717) is 17.5 Å². The zero-order chi connectivity index (χ0) is 14.3. The van der Waals surface area contributed by atoms with Crippen LogP contribution in [0.15, 0.2) is 0 Å². The molecule has 0 spiro atoms. The van der Waals surface area contributed by atoms with Crippen LogP contribution in [0.1, 0.15) is 51.4 Å². The molecule has 4 aliphatic rings. The first-order chi connectivity index (χ1) is 10.2. The van der Waals surface area contributed by atoms with Crippen molar-refractivity contribution in [2.24, 2.45) is 5.41 Å². The molecule has 3 atom stereocenters. The summed E-state index contributed by atoms with van der Waals surface area (Å²) in [6, 6.07) is 2.03. The van der Waals surface area contributed by atoms with Gasteiger partial charge in [-0.2, -0.15) is 0 Å². The summed E-state index contributed by atoms with van der Waals surface area (Å²) in [6.45, 7) is 4.16. The first-order valence-corrected chi connectivity index (χ1v) is 8.99. The molecule has 4 rings (SSSR count). The number of hydrogen-bond acceptors (Lipinski definition) is 4. The summed E-state index contributed by atoms with van der Waals surface area (Å²) in [5.74, 6) is 0. The molecule has 3 unspecified atom stereocenters. The fourth-order valence-electron chi connectivity index (χ4n) is 4.77. The van der Waals surface area contributed by atoms with Gasteiger partial charge in [-0.1, -0.05) is 0 Å². The molecule has 4 nitrogen and oxygen atoms in total. The Labute approximate surface area is 128 Å². The van der Waals surface area contributed by atoms with Gasteiger partial charge in [0.05, 0.1) is 12.7 Å². The minimum absolute atomic E-state index is 0.0538. The normalized spacial score (nSPS) is 44.1. The third kappa shape index (κ3) is 3.14. The standard InChI is InChI=1S/C17H30N2O2/c20-16-8-14-4-5-15(9-16)19(14)11-17(6-1-7-21-12-17)10-18-13-2-3-13/h13-16,18,20H,1-12H2. The maximum Gasteiger partial charge on any atom is 0.0570 e. The first kappa shape index (κ1) is 14.4. The summed E-state index contributed by atoms with van der Waals surface area (Å²) < 4.78 is 5.88. The highest BCUT2D eigenvalue weighted by Crippen LogP contribution is 2.40. The molecule has 0 aromatic rings. The molecule has 0 aromatic heterocycles. The van der Waals surface area contributed by atoms with Crippen LogP contribution in [0.2, 0.25) is 0 Å². The van der Waals surface area contributed by atoms with Gasteiger partial charge in [-0.05, 0) is 51.4 Å². The van der Waals surface area contributed by atoms with Crippen LogP contribution in [0, 0.1) is 5.41 Å². The Morgan fingerprint density at radius 3 is 2.52 bits per heavy atom. The Morgan fingerprint density at radius 1 is 1.14 bits per heavy atom. The lowest BCUT2D eigenvalue weighted by molar-refractivity contribution is -0.0514. The van der Waals surface area contributed by atoms with Gasteiger partial charge in [0.1, 0.15) is 0 Å². The van der Waals surface area contributed by atoms with Crippen molar-refractivity contribution < 1.29 is 9.84 Å². The largest absolute Gasteiger partial charge is 0.393 e. The maximum atomic E-state index is 10.00. The number of nitrogens with zero attached hydrogens (tertiary/aromatic N) is 1. The third-order valence-corrected chi connectivity index (χ3v) is 6.12. The van der Waals surface area contributed by atoms with Crippen molar-refractivity contribution in [2.75, 3.05) is 26.3 Å². The van der Waals surface area contributed by atoms with Crippen LogP contribution in [-0.4, -0.2) is 60.5 Å². The predicted molar refractivity (Wildman–Crippen MR) is 82.3 cm³/mol. The van der Waals surface area contributed by atoms with Gasteiger partial charge in [0, 0.05) is 43.2 Å². The van der Waals surface area contributed by atoms with E-state index in [-0.39, 0.29) is 6.10 Å². The monoisotopic (exact) mass is 294 g/mol. The van der Waals surface area contributed by atoms with E-state index in [2.05, 4.69) is 10.2 Å². The molecule has 3 aliphatic heterocycles. The molecule has 2 bridgehead atoms. The van der Waals surface area contributed by atoms with E-state index in [4.69, 9.17) is 4.74 Å². The van der Waals surface area contributed by atoms with Crippen molar-refractivity contribution in [3.8, 4) is 0 Å². The van der Waals surface area contributed by atoms with E-state index in [1.807, 2.05) is 0 Å². The number of rotatable bonds is 5. The topological polar surface area (TPSA) is 44.7 Å². The SMILES string of the molecule is OC1CC2CCC(C1)N2CC1(CNC2CC2)CCCOC1. The molecular formula is C17H30N2O2. The van der Waals surface area contributed by atoms with Crippen molar-refractivity contribution in [2.45, 2.75) is 75.6 Å². The van der Waals surface area contributed by atoms with Gasteiger partial charge in [-0.15, -0.1) is 0 Å². The zero-order valence-electron chi connectivity index (χ0n) is 13.1. The molecular weight excluding hydrogens is 264 g/mol. The van der Waals surface area contributed by atoms with Crippen molar-refractivity contribution >= 4 is 0 Å². The number of nitrogens with one attached hydrogen (secondary N) is 1. The molecule has 120 valence electrons. The van der Waals surface area contributed by atoms with Crippen LogP contribution in [0.3, 0.4) is 0 Å². The van der Waals surface area contributed by atoms with E-state index >= 15 is 0 Å². The summed E-state index contributed by atoms with van der Waals surface area (Å²) in [7, 11) is 0. The maximum absolute atomic E-state index is 10.00. The van der Waals surface area contributed by atoms with Crippen LogP contribution < -0.4 is 5.32 Å². The Balaban J connectivity index is 1.43. The Bertz CT molecular complexity index is 352. The molecule has 1 saturated carbocycles. The molecule has 4 fully saturated rings. The number of hydrogen-bond donors (Lipinski definition) is 2. The van der Waals surface area contributed by atoms with E-state index in [0.717, 1.165) is 38.6 Å². The van der Waals surface area contributed by atoms with Gasteiger partial charge in [0.25, 0.3) is 0 Å². The molecule has 4 heteroatoms. The lowest BCUT2D eigenvalue weighted by Crippen LogP contribution is -2.54. The highest BCUT2D eigenvalue weighted by atomic mass is 16.5. The molecule has 1 aliphatic carbocycles. The van der Waals surface area contributed by atoms with Crippen LogP contribution in [-0.2, 0) is 4.74 Å². The average molecular weight is 294 g/mol. The summed E-state index contributed by atoms with van der Waals surface area (Å²) in [5.41, 5.74) is 0.309. The van der Waals surface area contributed by atoms with Crippen LogP contribution >= 0.6 is 0 Å².